The van der Waals surface area contributed by atoms with Crippen LogP contribution in [0.4, 0.5) is 0 Å². The number of nitriles is 1. The Labute approximate surface area is 110 Å². The number of thiophene rings is 1. The molecule has 1 rings (SSSR count). The third-order valence-electron chi connectivity index (χ3n) is 2.39. The molecule has 0 atom stereocenters. The molecule has 6 heteroatoms. The highest BCUT2D eigenvalue weighted by Gasteiger charge is 2.09. The van der Waals surface area contributed by atoms with Gasteiger partial charge in [-0.15, -0.1) is 0 Å². The summed E-state index contributed by atoms with van der Waals surface area (Å²) in [6, 6.07) is 3.72. The van der Waals surface area contributed by atoms with Gasteiger partial charge in [0, 0.05) is 37.5 Å². The summed E-state index contributed by atoms with van der Waals surface area (Å²) in [4.78, 5) is 24.6. The molecular formula is C12H15N3O2S. The second kappa shape index (κ2) is 7.45. The van der Waals surface area contributed by atoms with Gasteiger partial charge >= 0.3 is 0 Å². The summed E-state index contributed by atoms with van der Waals surface area (Å²) in [6.45, 7) is 0.734. The SMILES string of the molecule is CN(CCC#N)C(=O)CCNC(=O)c1ccsc1. The first kappa shape index (κ1) is 14.2. The molecule has 1 N–H and O–H groups in total. The van der Waals surface area contributed by atoms with Gasteiger partial charge in [0.2, 0.25) is 5.91 Å². The number of carbonyl (C=O) groups is 2. The zero-order chi connectivity index (χ0) is 13.4. The average molecular weight is 265 g/mol. The van der Waals surface area contributed by atoms with Crippen LogP contribution in [-0.4, -0.2) is 36.9 Å². The molecule has 0 saturated heterocycles. The number of hydrogen-bond donors (Lipinski definition) is 1. The first-order valence-electron chi connectivity index (χ1n) is 5.56. The van der Waals surface area contributed by atoms with Gasteiger partial charge in [-0.2, -0.15) is 16.6 Å². The molecule has 0 fully saturated rings. The second-order valence-electron chi connectivity index (χ2n) is 3.74. The molecule has 0 aliphatic heterocycles. The summed E-state index contributed by atoms with van der Waals surface area (Å²) < 4.78 is 0. The number of carbonyl (C=O) groups excluding carboxylic acids is 2. The molecule has 0 aliphatic rings. The maximum atomic E-state index is 11.6. The van der Waals surface area contributed by atoms with Crippen molar-refractivity contribution in [2.24, 2.45) is 0 Å². The highest BCUT2D eigenvalue weighted by Crippen LogP contribution is 2.05. The normalized spacial score (nSPS) is 9.56. The van der Waals surface area contributed by atoms with Gasteiger partial charge in [0.05, 0.1) is 12.5 Å². The van der Waals surface area contributed by atoms with Crippen LogP contribution in [0, 0.1) is 11.3 Å². The molecule has 1 aromatic heterocycles. The Bertz CT molecular complexity index is 437. The van der Waals surface area contributed by atoms with Crippen LogP contribution in [0.25, 0.3) is 0 Å². The lowest BCUT2D eigenvalue weighted by Gasteiger charge is -2.15. The summed E-state index contributed by atoms with van der Waals surface area (Å²) in [6.07, 6.45) is 0.571. The maximum Gasteiger partial charge on any atom is 0.252 e. The number of nitrogens with zero attached hydrogens (tertiary/aromatic N) is 2. The van der Waals surface area contributed by atoms with E-state index in [0.717, 1.165) is 0 Å². The van der Waals surface area contributed by atoms with E-state index in [1.54, 1.807) is 18.5 Å². The topological polar surface area (TPSA) is 73.2 Å². The number of nitrogens with one attached hydrogen (secondary N) is 1. The van der Waals surface area contributed by atoms with Gasteiger partial charge in [-0.1, -0.05) is 0 Å². The Morgan fingerprint density at radius 2 is 2.33 bits per heavy atom. The molecule has 0 aliphatic carbocycles. The van der Waals surface area contributed by atoms with Crippen LogP contribution in [0.5, 0.6) is 0 Å². The van der Waals surface area contributed by atoms with Crippen molar-refractivity contribution in [1.82, 2.24) is 10.2 Å². The Morgan fingerprint density at radius 3 is 2.94 bits per heavy atom. The van der Waals surface area contributed by atoms with Gasteiger partial charge in [0.15, 0.2) is 0 Å². The molecule has 18 heavy (non-hydrogen) atoms. The Morgan fingerprint density at radius 1 is 1.56 bits per heavy atom. The van der Waals surface area contributed by atoms with Gasteiger partial charge in [0.25, 0.3) is 5.91 Å². The molecule has 0 saturated carbocycles. The molecule has 96 valence electrons. The van der Waals surface area contributed by atoms with E-state index in [1.165, 1.54) is 16.2 Å². The Kier molecular flexibility index (Phi) is 5.88. The number of hydrogen-bond acceptors (Lipinski definition) is 4. The van der Waals surface area contributed by atoms with Crippen molar-refractivity contribution >= 4 is 23.2 Å². The molecule has 5 nitrogen and oxygen atoms in total. The second-order valence-corrected chi connectivity index (χ2v) is 4.52. The molecule has 0 unspecified atom stereocenters. The largest absolute Gasteiger partial charge is 0.351 e. The lowest BCUT2D eigenvalue weighted by Crippen LogP contribution is -2.32. The molecule has 0 aromatic carbocycles. The molecule has 0 spiro atoms. The number of amides is 2. The zero-order valence-corrected chi connectivity index (χ0v) is 11.0. The van der Waals surface area contributed by atoms with Crippen LogP contribution in [0.15, 0.2) is 16.8 Å². The van der Waals surface area contributed by atoms with Crippen LogP contribution in [0.3, 0.4) is 0 Å². The van der Waals surface area contributed by atoms with Crippen molar-refractivity contribution in [3.63, 3.8) is 0 Å². The fraction of sp³-hybridized carbons (Fsp3) is 0.417. The summed E-state index contributed by atoms with van der Waals surface area (Å²) in [5, 5.41) is 14.7. The Balaban J connectivity index is 2.23. The van der Waals surface area contributed by atoms with Crippen molar-refractivity contribution in [1.29, 1.82) is 5.26 Å². The van der Waals surface area contributed by atoms with Gasteiger partial charge in [-0.25, -0.2) is 0 Å². The van der Waals surface area contributed by atoms with Crippen LogP contribution in [0.1, 0.15) is 23.2 Å². The lowest BCUT2D eigenvalue weighted by molar-refractivity contribution is -0.129. The average Bonchev–Trinajstić information content (AvgIpc) is 2.89. The molecular weight excluding hydrogens is 250 g/mol. The highest BCUT2D eigenvalue weighted by atomic mass is 32.1. The van der Waals surface area contributed by atoms with Crippen LogP contribution in [-0.2, 0) is 4.79 Å². The minimum Gasteiger partial charge on any atom is -0.351 e. The first-order valence-corrected chi connectivity index (χ1v) is 6.50. The van der Waals surface area contributed by atoms with Crippen molar-refractivity contribution in [2.45, 2.75) is 12.8 Å². The summed E-state index contributed by atoms with van der Waals surface area (Å²) in [7, 11) is 1.65. The third-order valence-corrected chi connectivity index (χ3v) is 3.08. The molecule has 0 radical (unpaired) electrons. The lowest BCUT2D eigenvalue weighted by atomic mass is 10.3. The van der Waals surface area contributed by atoms with E-state index in [1.807, 2.05) is 11.4 Å². The van der Waals surface area contributed by atoms with Gasteiger partial charge in [-0.05, 0) is 11.4 Å². The van der Waals surface area contributed by atoms with Gasteiger partial charge < -0.3 is 10.2 Å². The number of rotatable bonds is 6. The predicted molar refractivity (Wildman–Crippen MR) is 69.1 cm³/mol. The van der Waals surface area contributed by atoms with E-state index in [-0.39, 0.29) is 18.2 Å². The van der Waals surface area contributed by atoms with Gasteiger partial charge in [-0.3, -0.25) is 9.59 Å². The quantitative estimate of drug-likeness (QED) is 0.841. The van der Waals surface area contributed by atoms with E-state index in [2.05, 4.69) is 5.32 Å². The summed E-state index contributed by atoms with van der Waals surface area (Å²) in [5.74, 6) is -0.236. The van der Waals surface area contributed by atoms with E-state index in [4.69, 9.17) is 5.26 Å². The highest BCUT2D eigenvalue weighted by molar-refractivity contribution is 7.08. The van der Waals surface area contributed by atoms with E-state index in [0.29, 0.717) is 25.1 Å². The van der Waals surface area contributed by atoms with Gasteiger partial charge in [0.1, 0.15) is 0 Å². The van der Waals surface area contributed by atoms with E-state index >= 15 is 0 Å². The Hall–Kier alpha value is -1.87. The molecule has 2 amide bonds. The van der Waals surface area contributed by atoms with Crippen molar-refractivity contribution in [3.05, 3.63) is 22.4 Å². The zero-order valence-electron chi connectivity index (χ0n) is 10.2. The minimum absolute atomic E-state index is 0.0733. The van der Waals surface area contributed by atoms with Crippen molar-refractivity contribution < 1.29 is 9.59 Å². The fourth-order valence-electron chi connectivity index (χ4n) is 1.31. The standard InChI is InChI=1S/C12H15N3O2S/c1-15(7-2-5-13)11(16)3-6-14-12(17)10-4-8-18-9-10/h4,8-9H,2-3,6-7H2,1H3,(H,14,17). The maximum absolute atomic E-state index is 11.6. The summed E-state index contributed by atoms with van der Waals surface area (Å²) in [5.41, 5.74) is 0.616. The summed E-state index contributed by atoms with van der Waals surface area (Å²) >= 11 is 1.46. The third kappa shape index (κ3) is 4.55. The van der Waals surface area contributed by atoms with E-state index < -0.39 is 0 Å². The molecule has 0 bridgehead atoms. The minimum atomic E-state index is -0.163. The van der Waals surface area contributed by atoms with E-state index in [9.17, 15) is 9.59 Å². The van der Waals surface area contributed by atoms with Crippen LogP contribution >= 0.6 is 11.3 Å². The smallest absolute Gasteiger partial charge is 0.252 e. The van der Waals surface area contributed by atoms with Crippen molar-refractivity contribution in [3.8, 4) is 6.07 Å². The first-order chi connectivity index (χ1) is 8.65. The van der Waals surface area contributed by atoms with Crippen LogP contribution < -0.4 is 5.32 Å². The monoisotopic (exact) mass is 265 g/mol. The fourth-order valence-corrected chi connectivity index (χ4v) is 1.95. The van der Waals surface area contributed by atoms with Crippen LogP contribution in [0.2, 0.25) is 0 Å². The molecule has 1 heterocycles. The van der Waals surface area contributed by atoms with Crippen molar-refractivity contribution in [2.75, 3.05) is 20.1 Å². The molecule has 1 aromatic rings. The predicted octanol–water partition coefficient (Wildman–Crippen LogP) is 1.24.